The molecule has 1 heteroatoms. The Labute approximate surface area is 299 Å². The molecular weight excluding hydrogens is 615 g/mol. The Morgan fingerprint density at radius 3 is 1.37 bits per heavy atom. The van der Waals surface area contributed by atoms with E-state index in [9.17, 15) is 0 Å². The van der Waals surface area contributed by atoms with Gasteiger partial charge in [0.15, 0.2) is 0 Å². The average Bonchev–Trinajstić information content (AvgIpc) is 3.22. The molecule has 0 N–H and O–H groups in total. The molecule has 0 aliphatic heterocycles. The Kier molecular flexibility index (Phi) is 7.92. The topological polar surface area (TPSA) is 3.24 Å². The Bertz CT molecular complexity index is 2640. The van der Waals surface area contributed by atoms with Crippen molar-refractivity contribution in [2.45, 2.75) is 0 Å². The summed E-state index contributed by atoms with van der Waals surface area (Å²) in [5.74, 6) is 0. The van der Waals surface area contributed by atoms with E-state index in [0.29, 0.717) is 0 Å². The van der Waals surface area contributed by atoms with Gasteiger partial charge in [0, 0.05) is 16.8 Å². The van der Waals surface area contributed by atoms with Crippen LogP contribution in [0.3, 0.4) is 0 Å². The molecule has 0 bridgehead atoms. The van der Waals surface area contributed by atoms with E-state index in [1.165, 1.54) is 60.5 Å². The van der Waals surface area contributed by atoms with Crippen molar-refractivity contribution in [1.29, 1.82) is 0 Å². The summed E-state index contributed by atoms with van der Waals surface area (Å²) in [5.41, 5.74) is 12.9. The molecule has 9 aromatic carbocycles. The van der Waals surface area contributed by atoms with Crippen LogP contribution >= 0.6 is 0 Å². The normalized spacial score (nSPS) is 11.1. The average molecular weight is 650 g/mol. The highest BCUT2D eigenvalue weighted by Gasteiger charge is 2.22. The van der Waals surface area contributed by atoms with Crippen molar-refractivity contribution < 1.29 is 0 Å². The molecule has 0 atom stereocenters. The molecular formula is C50H35N. The van der Waals surface area contributed by atoms with Gasteiger partial charge in [-0.05, 0) is 79.2 Å². The zero-order valence-corrected chi connectivity index (χ0v) is 28.2. The van der Waals surface area contributed by atoms with Gasteiger partial charge >= 0.3 is 0 Å². The third kappa shape index (κ3) is 5.65. The molecule has 0 aliphatic rings. The summed E-state index contributed by atoms with van der Waals surface area (Å²) in [7, 11) is 0. The van der Waals surface area contributed by atoms with E-state index < -0.39 is 0 Å². The summed E-state index contributed by atoms with van der Waals surface area (Å²) in [4.78, 5) is 2.45. The van der Waals surface area contributed by atoms with Crippen molar-refractivity contribution in [3.63, 3.8) is 0 Å². The lowest BCUT2D eigenvalue weighted by molar-refractivity contribution is 1.29. The maximum Gasteiger partial charge on any atom is 0.0540 e. The quantitative estimate of drug-likeness (QED) is 0.155. The summed E-state index contributed by atoms with van der Waals surface area (Å²) in [6.07, 6.45) is 0. The molecule has 0 radical (unpaired) electrons. The Morgan fingerprint density at radius 1 is 0.255 bits per heavy atom. The molecule has 240 valence electrons. The predicted molar refractivity (Wildman–Crippen MR) is 218 cm³/mol. The molecule has 1 nitrogen and oxygen atoms in total. The number of hydrogen-bond acceptors (Lipinski definition) is 1. The van der Waals surface area contributed by atoms with Gasteiger partial charge < -0.3 is 4.90 Å². The molecule has 0 spiro atoms. The van der Waals surface area contributed by atoms with Crippen LogP contribution in [0, 0.1) is 0 Å². The standard InChI is InChI=1S/C50H35N/c1-3-17-36(18-4-1)42-23-9-10-25-45(42)46-26-11-12-27-47(46)48-28-14-16-30-50(48)51(49-29-15-13-24-44(49)37-19-5-2-6-20-37)40-33-34-43-39(35-40)32-31-38-21-7-8-22-41(38)43/h1-35H. The molecule has 0 aromatic heterocycles. The van der Waals surface area contributed by atoms with Gasteiger partial charge in [-0.1, -0.05) is 188 Å². The zero-order valence-electron chi connectivity index (χ0n) is 28.2. The number of fused-ring (bicyclic) bond motifs is 3. The summed E-state index contributed by atoms with van der Waals surface area (Å²) < 4.78 is 0. The largest absolute Gasteiger partial charge is 0.309 e. The Balaban J connectivity index is 1.29. The number of nitrogens with zero attached hydrogens (tertiary/aromatic N) is 1. The van der Waals surface area contributed by atoms with Crippen molar-refractivity contribution in [2.75, 3.05) is 4.90 Å². The first-order valence-corrected chi connectivity index (χ1v) is 17.5. The van der Waals surface area contributed by atoms with E-state index in [4.69, 9.17) is 0 Å². The van der Waals surface area contributed by atoms with E-state index in [-0.39, 0.29) is 0 Å². The van der Waals surface area contributed by atoms with Crippen LogP contribution in [0.5, 0.6) is 0 Å². The van der Waals surface area contributed by atoms with Gasteiger partial charge in [-0.25, -0.2) is 0 Å². The number of anilines is 3. The predicted octanol–water partition coefficient (Wildman–Crippen LogP) is 14.1. The van der Waals surface area contributed by atoms with Gasteiger partial charge in [0.05, 0.1) is 11.4 Å². The summed E-state index contributed by atoms with van der Waals surface area (Å²) in [5, 5.41) is 4.98. The molecule has 9 rings (SSSR count). The van der Waals surface area contributed by atoms with Crippen LogP contribution in [0.1, 0.15) is 0 Å². The Morgan fingerprint density at radius 2 is 0.686 bits per heavy atom. The minimum atomic E-state index is 1.11. The molecule has 0 heterocycles. The minimum Gasteiger partial charge on any atom is -0.309 e. The van der Waals surface area contributed by atoms with Crippen LogP contribution in [0.25, 0.3) is 66.1 Å². The second-order valence-electron chi connectivity index (χ2n) is 12.9. The van der Waals surface area contributed by atoms with Crippen LogP contribution in [-0.2, 0) is 0 Å². The van der Waals surface area contributed by atoms with Crippen molar-refractivity contribution in [3.8, 4) is 44.5 Å². The van der Waals surface area contributed by atoms with E-state index in [2.05, 4.69) is 217 Å². The zero-order chi connectivity index (χ0) is 34.0. The molecule has 51 heavy (non-hydrogen) atoms. The molecule has 9 aromatic rings. The van der Waals surface area contributed by atoms with Crippen molar-refractivity contribution in [2.24, 2.45) is 0 Å². The van der Waals surface area contributed by atoms with E-state index in [1.807, 2.05) is 0 Å². The first-order valence-electron chi connectivity index (χ1n) is 17.5. The van der Waals surface area contributed by atoms with Crippen molar-refractivity contribution in [3.05, 3.63) is 212 Å². The Hall–Kier alpha value is -6.70. The van der Waals surface area contributed by atoms with Gasteiger partial charge in [-0.15, -0.1) is 0 Å². The number of benzene rings is 9. The fraction of sp³-hybridized carbons (Fsp3) is 0. The summed E-state index contributed by atoms with van der Waals surface area (Å²) >= 11 is 0. The summed E-state index contributed by atoms with van der Waals surface area (Å²) in [6.45, 7) is 0. The van der Waals surface area contributed by atoms with E-state index in [1.54, 1.807) is 0 Å². The lowest BCUT2D eigenvalue weighted by Crippen LogP contribution is -2.12. The smallest absolute Gasteiger partial charge is 0.0540 e. The maximum atomic E-state index is 2.45. The third-order valence-electron chi connectivity index (χ3n) is 9.88. The van der Waals surface area contributed by atoms with Crippen molar-refractivity contribution in [1.82, 2.24) is 0 Å². The fourth-order valence-electron chi connectivity index (χ4n) is 7.51. The van der Waals surface area contributed by atoms with Gasteiger partial charge in [0.1, 0.15) is 0 Å². The van der Waals surface area contributed by atoms with Crippen LogP contribution in [0.2, 0.25) is 0 Å². The maximum absolute atomic E-state index is 2.45. The first kappa shape index (κ1) is 30.4. The molecule has 0 fully saturated rings. The SMILES string of the molecule is c1ccc(-c2ccccc2-c2ccccc2-c2ccccc2N(c2ccc3c(ccc4ccccc43)c2)c2ccccc2-c2ccccc2)cc1. The number of hydrogen-bond donors (Lipinski definition) is 0. The van der Waals surface area contributed by atoms with E-state index in [0.717, 1.165) is 22.6 Å². The van der Waals surface area contributed by atoms with Gasteiger partial charge in [0.25, 0.3) is 0 Å². The monoisotopic (exact) mass is 649 g/mol. The second kappa shape index (κ2) is 13.3. The highest BCUT2D eigenvalue weighted by molar-refractivity contribution is 6.09. The molecule has 0 saturated carbocycles. The van der Waals surface area contributed by atoms with Crippen molar-refractivity contribution >= 4 is 38.6 Å². The molecule has 0 unspecified atom stereocenters. The van der Waals surface area contributed by atoms with Crippen LogP contribution in [-0.4, -0.2) is 0 Å². The lowest BCUT2D eigenvalue weighted by Gasteiger charge is -2.30. The minimum absolute atomic E-state index is 1.11. The highest BCUT2D eigenvalue weighted by Crippen LogP contribution is 2.47. The summed E-state index contributed by atoms with van der Waals surface area (Å²) in [6, 6.07) is 76.7. The highest BCUT2D eigenvalue weighted by atomic mass is 15.1. The van der Waals surface area contributed by atoms with Crippen LogP contribution in [0.4, 0.5) is 17.1 Å². The molecule has 0 aliphatic carbocycles. The fourth-order valence-corrected chi connectivity index (χ4v) is 7.51. The van der Waals surface area contributed by atoms with Crippen LogP contribution < -0.4 is 4.90 Å². The number of rotatable bonds is 7. The molecule has 0 amide bonds. The first-order chi connectivity index (χ1) is 25.3. The number of para-hydroxylation sites is 2. The second-order valence-corrected chi connectivity index (χ2v) is 12.9. The van der Waals surface area contributed by atoms with Crippen LogP contribution in [0.15, 0.2) is 212 Å². The van der Waals surface area contributed by atoms with Gasteiger partial charge in [-0.3, -0.25) is 0 Å². The lowest BCUT2D eigenvalue weighted by atomic mass is 9.88. The third-order valence-corrected chi connectivity index (χ3v) is 9.88. The molecule has 0 saturated heterocycles. The van der Waals surface area contributed by atoms with Gasteiger partial charge in [-0.2, -0.15) is 0 Å². The van der Waals surface area contributed by atoms with E-state index >= 15 is 0 Å². The van der Waals surface area contributed by atoms with Gasteiger partial charge in [0.2, 0.25) is 0 Å².